The molecule has 2 aliphatic rings. The van der Waals surface area contributed by atoms with E-state index in [1.807, 2.05) is 13.1 Å². The van der Waals surface area contributed by atoms with Gasteiger partial charge in [-0.2, -0.15) is 0 Å². The van der Waals surface area contributed by atoms with E-state index in [0.717, 1.165) is 53.1 Å². The predicted molar refractivity (Wildman–Crippen MR) is 140 cm³/mol. The monoisotopic (exact) mass is 478 g/mol. The minimum Gasteiger partial charge on any atom is -0.390 e. The van der Waals surface area contributed by atoms with Crippen LogP contribution in [0.25, 0.3) is 21.5 Å². The Kier molecular flexibility index (Phi) is 6.44. The molecule has 2 fully saturated rings. The fourth-order valence-electron chi connectivity index (χ4n) is 5.49. The number of aromatic nitrogens is 2. The maximum atomic E-state index is 13.5. The zero-order chi connectivity index (χ0) is 23.8. The van der Waals surface area contributed by atoms with E-state index in [1.54, 1.807) is 11.3 Å². The van der Waals surface area contributed by atoms with Gasteiger partial charge in [0.2, 0.25) is 0 Å². The lowest BCUT2D eigenvalue weighted by molar-refractivity contribution is 0.0713. The summed E-state index contributed by atoms with van der Waals surface area (Å²) in [6, 6.07) is 4.49. The van der Waals surface area contributed by atoms with Crippen LogP contribution >= 0.6 is 11.3 Å². The van der Waals surface area contributed by atoms with Gasteiger partial charge in [-0.25, -0.2) is 9.98 Å². The first kappa shape index (κ1) is 23.1. The van der Waals surface area contributed by atoms with E-state index < -0.39 is 0 Å². The molecule has 2 saturated heterocycles. The van der Waals surface area contributed by atoms with Gasteiger partial charge in [0.25, 0.3) is 5.91 Å². The standard InChI is InChI=1S/C26H34N6OS/c1-16(2)22-23(18-11-17(3)25(28-13-18)29-15-27)30-20-12-21(34-24(20)22)26(33)32-10-6-7-19(32)14-31-8-4-5-9-31/h11-13,15-16,19,30H,4-10,14H2,1-3H3,(H2,27,28,29)/t19-/m0/s1. The van der Waals surface area contributed by atoms with Gasteiger partial charge in [-0.15, -0.1) is 11.3 Å². The van der Waals surface area contributed by atoms with Gasteiger partial charge in [-0.1, -0.05) is 13.8 Å². The van der Waals surface area contributed by atoms with Crippen molar-refractivity contribution in [2.45, 2.75) is 58.4 Å². The maximum Gasteiger partial charge on any atom is 0.264 e. The van der Waals surface area contributed by atoms with Crippen LogP contribution in [0.3, 0.4) is 0 Å². The number of hydrogen-bond acceptors (Lipinski definition) is 5. The third kappa shape index (κ3) is 4.25. The third-order valence-electron chi connectivity index (χ3n) is 7.14. The molecular weight excluding hydrogens is 444 g/mol. The van der Waals surface area contributed by atoms with E-state index in [9.17, 15) is 4.79 Å². The van der Waals surface area contributed by atoms with Crippen molar-refractivity contribution in [1.29, 1.82) is 0 Å². The number of aryl methyl sites for hydroxylation is 1. The second kappa shape index (κ2) is 9.50. The number of amides is 1. The lowest BCUT2D eigenvalue weighted by Gasteiger charge is -2.28. The molecule has 0 unspecified atom stereocenters. The number of nitrogens with zero attached hydrogens (tertiary/aromatic N) is 4. The van der Waals surface area contributed by atoms with Crippen molar-refractivity contribution >= 4 is 39.6 Å². The highest BCUT2D eigenvalue weighted by molar-refractivity contribution is 7.21. The second-order valence-corrected chi connectivity index (χ2v) is 10.9. The first-order valence-corrected chi connectivity index (χ1v) is 13.2. The van der Waals surface area contributed by atoms with Gasteiger partial charge >= 0.3 is 0 Å². The molecule has 7 nitrogen and oxygen atoms in total. The maximum absolute atomic E-state index is 13.5. The molecule has 1 amide bonds. The van der Waals surface area contributed by atoms with Crippen LogP contribution in [0, 0.1) is 6.92 Å². The highest BCUT2D eigenvalue weighted by atomic mass is 32.1. The Labute approximate surface area is 205 Å². The molecule has 5 rings (SSSR count). The summed E-state index contributed by atoms with van der Waals surface area (Å²) in [6.07, 6.45) is 7.90. The van der Waals surface area contributed by atoms with E-state index >= 15 is 0 Å². The number of rotatable bonds is 6. The Hall–Kier alpha value is -2.71. The number of fused-ring (bicyclic) bond motifs is 1. The van der Waals surface area contributed by atoms with Crippen LogP contribution in [0.2, 0.25) is 0 Å². The molecule has 0 aromatic carbocycles. The Bertz CT molecular complexity index is 1220. The molecule has 8 heteroatoms. The summed E-state index contributed by atoms with van der Waals surface area (Å²) in [4.78, 5) is 31.3. The summed E-state index contributed by atoms with van der Waals surface area (Å²) in [5.74, 6) is 1.13. The largest absolute Gasteiger partial charge is 0.390 e. The van der Waals surface area contributed by atoms with Crippen LogP contribution in [0.15, 0.2) is 23.3 Å². The van der Waals surface area contributed by atoms with E-state index in [2.05, 4.69) is 50.7 Å². The fourth-order valence-corrected chi connectivity index (χ4v) is 6.76. The number of nitrogens with two attached hydrogens (primary N) is 1. The average molecular weight is 479 g/mol. The first-order chi connectivity index (χ1) is 16.5. The molecule has 0 saturated carbocycles. The second-order valence-electron chi connectivity index (χ2n) is 9.87. The molecule has 3 aromatic rings. The molecule has 2 aliphatic heterocycles. The summed E-state index contributed by atoms with van der Waals surface area (Å²) < 4.78 is 1.17. The summed E-state index contributed by atoms with van der Waals surface area (Å²) in [6.45, 7) is 10.6. The van der Waals surface area contributed by atoms with Crippen LogP contribution < -0.4 is 5.73 Å². The van der Waals surface area contributed by atoms with Gasteiger partial charge in [0, 0.05) is 30.9 Å². The number of nitrogens with one attached hydrogen (secondary N) is 1. The number of aliphatic imine (C=N–C) groups is 1. The van der Waals surface area contributed by atoms with E-state index in [0.29, 0.717) is 17.8 Å². The summed E-state index contributed by atoms with van der Waals surface area (Å²) >= 11 is 1.63. The van der Waals surface area contributed by atoms with Crippen molar-refractivity contribution < 1.29 is 4.79 Å². The number of H-pyrrole nitrogens is 1. The van der Waals surface area contributed by atoms with Gasteiger partial charge < -0.3 is 20.5 Å². The van der Waals surface area contributed by atoms with E-state index in [4.69, 9.17) is 5.73 Å². The first-order valence-electron chi connectivity index (χ1n) is 12.4. The molecule has 3 N–H and O–H groups in total. The molecule has 5 heterocycles. The van der Waals surface area contributed by atoms with Crippen LogP contribution in [0.5, 0.6) is 0 Å². The quantitative estimate of drug-likeness (QED) is 0.383. The van der Waals surface area contributed by atoms with Gasteiger partial charge in [-0.05, 0) is 74.9 Å². The number of thiophene rings is 1. The number of hydrogen-bond donors (Lipinski definition) is 2. The molecule has 1 atom stereocenters. The number of aromatic amines is 1. The lowest BCUT2D eigenvalue weighted by Crippen LogP contribution is -2.42. The van der Waals surface area contributed by atoms with E-state index in [-0.39, 0.29) is 5.91 Å². The van der Waals surface area contributed by atoms with E-state index in [1.165, 1.54) is 42.5 Å². The minimum absolute atomic E-state index is 0.189. The molecule has 0 aliphatic carbocycles. The van der Waals surface area contributed by atoms with Crippen molar-refractivity contribution in [2.75, 3.05) is 26.2 Å². The Morgan fingerprint density at radius 1 is 1.29 bits per heavy atom. The number of carbonyl (C=O) groups excluding carboxylic acids is 1. The smallest absolute Gasteiger partial charge is 0.264 e. The Morgan fingerprint density at radius 2 is 2.09 bits per heavy atom. The average Bonchev–Trinajstić information content (AvgIpc) is 3.59. The highest BCUT2D eigenvalue weighted by Crippen LogP contribution is 2.41. The minimum atomic E-state index is 0.189. The van der Waals surface area contributed by atoms with Crippen LogP contribution in [0.1, 0.15) is 66.2 Å². The summed E-state index contributed by atoms with van der Waals surface area (Å²) in [5.41, 5.74) is 10.8. The molecule has 0 radical (unpaired) electrons. The normalized spacial score (nSPS) is 19.4. The van der Waals surface area contributed by atoms with Crippen LogP contribution in [-0.2, 0) is 0 Å². The lowest BCUT2D eigenvalue weighted by atomic mass is 9.99. The van der Waals surface area contributed by atoms with Gasteiger partial charge in [0.1, 0.15) is 0 Å². The number of carbonyl (C=O) groups is 1. The summed E-state index contributed by atoms with van der Waals surface area (Å²) in [5, 5.41) is 0. The Balaban J connectivity index is 1.45. The van der Waals surface area contributed by atoms with Crippen molar-refractivity contribution in [3.63, 3.8) is 0 Å². The molecule has 3 aromatic heterocycles. The van der Waals surface area contributed by atoms with Gasteiger partial charge in [0.05, 0.1) is 27.1 Å². The van der Waals surface area contributed by atoms with Crippen molar-refractivity contribution in [3.8, 4) is 11.3 Å². The van der Waals surface area contributed by atoms with Crippen LogP contribution in [-0.4, -0.2) is 64.2 Å². The van der Waals surface area contributed by atoms with Crippen molar-refractivity contribution in [3.05, 3.63) is 34.3 Å². The SMILES string of the molecule is Cc1cc(-c2[nH]c3cc(C(=O)N4CCC[C@H]4CN4CCCC4)sc3c2C(C)C)cnc1N=CN. The van der Waals surface area contributed by atoms with Gasteiger partial charge in [0.15, 0.2) is 5.82 Å². The van der Waals surface area contributed by atoms with Crippen LogP contribution in [0.4, 0.5) is 5.82 Å². The van der Waals surface area contributed by atoms with Crippen molar-refractivity contribution in [1.82, 2.24) is 19.8 Å². The summed E-state index contributed by atoms with van der Waals surface area (Å²) in [7, 11) is 0. The fraction of sp³-hybridized carbons (Fsp3) is 0.500. The third-order valence-corrected chi connectivity index (χ3v) is 8.29. The number of pyridine rings is 1. The molecule has 180 valence electrons. The van der Waals surface area contributed by atoms with Gasteiger partial charge in [-0.3, -0.25) is 4.79 Å². The highest BCUT2D eigenvalue weighted by Gasteiger charge is 2.32. The molecule has 34 heavy (non-hydrogen) atoms. The van der Waals surface area contributed by atoms with Crippen molar-refractivity contribution in [2.24, 2.45) is 10.7 Å². The molecular formula is C26H34N6OS. The zero-order valence-corrected chi connectivity index (χ0v) is 21.1. The molecule has 0 bridgehead atoms. The molecule has 0 spiro atoms. The predicted octanol–water partition coefficient (Wildman–Crippen LogP) is 5.04. The topological polar surface area (TPSA) is 90.6 Å². The zero-order valence-electron chi connectivity index (χ0n) is 20.3. The number of likely N-dealkylation sites (tertiary alicyclic amines) is 2. The Morgan fingerprint density at radius 3 is 2.79 bits per heavy atom.